The highest BCUT2D eigenvalue weighted by Gasteiger charge is 2.15. The molecule has 0 unspecified atom stereocenters. The van der Waals surface area contributed by atoms with Crippen molar-refractivity contribution in [1.82, 2.24) is 10.7 Å². The van der Waals surface area contributed by atoms with Crippen molar-refractivity contribution >= 4 is 17.9 Å². The summed E-state index contributed by atoms with van der Waals surface area (Å²) in [6.45, 7) is 2.05. The summed E-state index contributed by atoms with van der Waals surface area (Å²) in [6.07, 6.45) is 0.546. The number of alkyl carbamates (subject to hydrolysis) is 1. The number of benzene rings is 1. The monoisotopic (exact) mass is 372 g/mol. The Kier molecular flexibility index (Phi) is 7.58. The van der Waals surface area contributed by atoms with Gasteiger partial charge in [0.1, 0.15) is 6.61 Å². The third-order valence-electron chi connectivity index (χ3n) is 3.25. The Morgan fingerprint density at radius 1 is 1.11 bits per heavy atom. The number of amides is 2. The van der Waals surface area contributed by atoms with Crippen LogP contribution < -0.4 is 15.5 Å². The van der Waals surface area contributed by atoms with Crippen molar-refractivity contribution in [2.45, 2.75) is 13.5 Å². The molecule has 0 spiro atoms. The van der Waals surface area contributed by atoms with Crippen LogP contribution in [0.25, 0.3) is 0 Å². The van der Waals surface area contributed by atoms with Gasteiger partial charge in [0.05, 0.1) is 13.2 Å². The lowest BCUT2D eigenvalue weighted by molar-refractivity contribution is -0.607. The fourth-order valence-electron chi connectivity index (χ4n) is 1.99. The number of rotatable bonds is 7. The zero-order valence-electron chi connectivity index (χ0n) is 14.8. The third-order valence-corrected chi connectivity index (χ3v) is 3.25. The van der Waals surface area contributed by atoms with Crippen molar-refractivity contribution in [1.29, 1.82) is 0 Å². The highest BCUT2D eigenvalue weighted by Crippen LogP contribution is 2.00. The fraction of sp³-hybridized carbons (Fsp3) is 0.222. The number of nitrogens with one attached hydrogen (secondary N) is 2. The van der Waals surface area contributed by atoms with Gasteiger partial charge in [-0.05, 0) is 18.6 Å². The van der Waals surface area contributed by atoms with Gasteiger partial charge in [0.2, 0.25) is 5.90 Å². The predicted molar refractivity (Wildman–Crippen MR) is 96.6 cm³/mol. The number of pyridine rings is 1. The first-order valence-electron chi connectivity index (χ1n) is 8.22. The molecule has 0 saturated heterocycles. The molecule has 0 aliphatic carbocycles. The van der Waals surface area contributed by atoms with Gasteiger partial charge in [-0.25, -0.2) is 10.2 Å². The van der Waals surface area contributed by atoms with Crippen LogP contribution in [0.1, 0.15) is 23.0 Å². The minimum Gasteiger partial charge on any atom is -0.618 e. The van der Waals surface area contributed by atoms with Crippen molar-refractivity contribution in [3.63, 3.8) is 0 Å². The van der Waals surface area contributed by atoms with E-state index in [1.807, 2.05) is 30.3 Å². The molecule has 2 amide bonds. The van der Waals surface area contributed by atoms with E-state index >= 15 is 0 Å². The van der Waals surface area contributed by atoms with Crippen LogP contribution in [0.4, 0.5) is 4.79 Å². The summed E-state index contributed by atoms with van der Waals surface area (Å²) < 4.78 is 10.7. The summed E-state index contributed by atoms with van der Waals surface area (Å²) >= 11 is 0. The maximum Gasteiger partial charge on any atom is 0.407 e. The van der Waals surface area contributed by atoms with E-state index < -0.39 is 12.0 Å². The van der Waals surface area contributed by atoms with Crippen LogP contribution in [0.2, 0.25) is 0 Å². The van der Waals surface area contributed by atoms with Crippen molar-refractivity contribution in [3.8, 4) is 0 Å². The van der Waals surface area contributed by atoms with Crippen molar-refractivity contribution in [2.75, 3.05) is 13.2 Å². The lowest BCUT2D eigenvalue weighted by Crippen LogP contribution is -2.38. The Bertz CT molecular complexity index is 795. The molecule has 2 rings (SSSR count). The highest BCUT2D eigenvalue weighted by molar-refractivity contribution is 5.92. The third kappa shape index (κ3) is 6.65. The summed E-state index contributed by atoms with van der Waals surface area (Å²) in [5, 5.41) is 17.8. The molecule has 0 fully saturated rings. The minimum atomic E-state index is -0.700. The molecule has 9 heteroatoms. The molecule has 142 valence electrons. The molecular formula is C18H20N4O5. The van der Waals surface area contributed by atoms with Crippen LogP contribution in [-0.2, 0) is 16.1 Å². The van der Waals surface area contributed by atoms with Gasteiger partial charge < -0.3 is 20.0 Å². The van der Waals surface area contributed by atoms with Gasteiger partial charge >= 0.3 is 12.0 Å². The van der Waals surface area contributed by atoms with Gasteiger partial charge in [-0.15, -0.1) is 5.10 Å². The normalized spacial score (nSPS) is 10.8. The van der Waals surface area contributed by atoms with Crippen LogP contribution in [0, 0.1) is 5.21 Å². The summed E-state index contributed by atoms with van der Waals surface area (Å²) in [5.41, 5.74) is 2.95. The molecule has 0 radical (unpaired) electrons. The average molecular weight is 372 g/mol. The Labute approximate surface area is 156 Å². The topological polar surface area (TPSA) is 116 Å². The first-order valence-corrected chi connectivity index (χ1v) is 8.22. The lowest BCUT2D eigenvalue weighted by atomic mass is 10.2. The number of hydrogen-bond donors (Lipinski definition) is 2. The van der Waals surface area contributed by atoms with Gasteiger partial charge in [0.25, 0.3) is 5.69 Å². The fourth-order valence-corrected chi connectivity index (χ4v) is 1.99. The van der Waals surface area contributed by atoms with Crippen LogP contribution in [0.3, 0.4) is 0 Å². The SMILES string of the molecule is CCO/C(CNC(=O)OCc1ccccc1)=N\NC(=O)c1cccc[n+]1[O-]. The molecule has 1 aromatic carbocycles. The number of carbonyl (C=O) groups excluding carboxylic acids is 2. The van der Waals surface area contributed by atoms with Crippen LogP contribution in [0.5, 0.6) is 0 Å². The van der Waals surface area contributed by atoms with Gasteiger partial charge in [0.15, 0.2) is 6.20 Å². The summed E-state index contributed by atoms with van der Waals surface area (Å²) in [4.78, 5) is 23.7. The number of nitrogens with zero attached hydrogens (tertiary/aromatic N) is 2. The van der Waals surface area contributed by atoms with Crippen molar-refractivity contribution in [3.05, 3.63) is 71.2 Å². The van der Waals surface area contributed by atoms with E-state index in [1.54, 1.807) is 13.0 Å². The number of aromatic nitrogens is 1. The minimum absolute atomic E-state index is 0.0656. The molecule has 27 heavy (non-hydrogen) atoms. The van der Waals surface area contributed by atoms with Gasteiger partial charge in [-0.2, -0.15) is 4.73 Å². The second-order valence-electron chi connectivity index (χ2n) is 5.21. The van der Waals surface area contributed by atoms with Crippen LogP contribution in [-0.4, -0.2) is 31.0 Å². The molecule has 0 aliphatic rings. The number of hydrogen-bond acceptors (Lipinski definition) is 6. The zero-order chi connectivity index (χ0) is 19.5. The summed E-state index contributed by atoms with van der Waals surface area (Å²) in [7, 11) is 0. The molecule has 0 bridgehead atoms. The average Bonchev–Trinajstić information content (AvgIpc) is 2.69. The van der Waals surface area contributed by atoms with E-state index in [-0.39, 0.29) is 31.4 Å². The van der Waals surface area contributed by atoms with Crippen LogP contribution in [0.15, 0.2) is 59.8 Å². The first kappa shape index (κ1) is 19.7. The maximum absolute atomic E-state index is 12.0. The second-order valence-corrected chi connectivity index (χ2v) is 5.21. The van der Waals surface area contributed by atoms with Gasteiger partial charge in [-0.3, -0.25) is 4.79 Å². The Morgan fingerprint density at radius 2 is 1.85 bits per heavy atom. The van der Waals surface area contributed by atoms with E-state index in [0.717, 1.165) is 5.56 Å². The molecule has 1 heterocycles. The Hall–Kier alpha value is -3.62. The van der Waals surface area contributed by atoms with E-state index in [9.17, 15) is 14.8 Å². The van der Waals surface area contributed by atoms with E-state index in [1.165, 1.54) is 18.3 Å². The lowest BCUT2D eigenvalue weighted by Gasteiger charge is -2.10. The largest absolute Gasteiger partial charge is 0.618 e. The summed E-state index contributed by atoms with van der Waals surface area (Å²) in [5.74, 6) is -0.634. The predicted octanol–water partition coefficient (Wildman–Crippen LogP) is 1.33. The molecule has 0 saturated carbocycles. The Morgan fingerprint density at radius 3 is 2.56 bits per heavy atom. The number of hydrazone groups is 1. The number of ether oxygens (including phenoxy) is 2. The molecule has 0 aliphatic heterocycles. The van der Waals surface area contributed by atoms with E-state index in [2.05, 4.69) is 15.8 Å². The van der Waals surface area contributed by atoms with E-state index in [0.29, 0.717) is 4.73 Å². The van der Waals surface area contributed by atoms with Gasteiger partial charge in [-0.1, -0.05) is 30.3 Å². The van der Waals surface area contributed by atoms with Crippen molar-refractivity contribution < 1.29 is 23.8 Å². The maximum atomic E-state index is 12.0. The Balaban J connectivity index is 1.85. The standard InChI is InChI=1S/C18H20N4O5/c1-2-26-16(20-21-17(23)15-10-6-7-11-22(15)25)12-19-18(24)27-13-14-8-4-3-5-9-14/h3-11H,2,12-13H2,1H3,(H,19,24)(H,21,23)/b20-16-. The summed E-state index contributed by atoms with van der Waals surface area (Å²) in [6, 6.07) is 13.6. The first-order chi connectivity index (χ1) is 13.1. The molecule has 9 nitrogen and oxygen atoms in total. The molecule has 0 atom stereocenters. The van der Waals surface area contributed by atoms with Gasteiger partial charge in [0, 0.05) is 12.1 Å². The highest BCUT2D eigenvalue weighted by atomic mass is 16.5. The quantitative estimate of drug-likeness (QED) is 0.250. The number of carbonyl (C=O) groups is 2. The molecule has 1 aromatic heterocycles. The molecule has 2 aromatic rings. The zero-order valence-corrected chi connectivity index (χ0v) is 14.8. The smallest absolute Gasteiger partial charge is 0.407 e. The second kappa shape index (κ2) is 10.4. The molecule has 2 N–H and O–H groups in total. The molecular weight excluding hydrogens is 352 g/mol. The van der Waals surface area contributed by atoms with E-state index in [4.69, 9.17) is 9.47 Å². The van der Waals surface area contributed by atoms with Crippen LogP contribution >= 0.6 is 0 Å². The van der Waals surface area contributed by atoms with Crippen molar-refractivity contribution in [2.24, 2.45) is 5.10 Å².